The summed E-state index contributed by atoms with van der Waals surface area (Å²) < 4.78 is 7.85. The number of rotatable bonds is 6. The van der Waals surface area contributed by atoms with Crippen molar-refractivity contribution in [2.24, 2.45) is 0 Å². The minimum Gasteiger partial charge on any atom is -0.487 e. The summed E-state index contributed by atoms with van der Waals surface area (Å²) in [5.41, 5.74) is 5.74. The molecule has 0 bridgehead atoms. The molecule has 0 aliphatic carbocycles. The Balaban J connectivity index is 1.38. The number of hydrogen-bond donors (Lipinski definition) is 1. The van der Waals surface area contributed by atoms with Crippen molar-refractivity contribution < 1.29 is 9.53 Å². The third-order valence-electron chi connectivity index (χ3n) is 4.71. The SMILES string of the molecule is Cc1ccc(CNC(=O)c2cccc(OCc3cn4cc(C)ccc4n3)c2)cc1. The van der Waals surface area contributed by atoms with Gasteiger partial charge in [0.15, 0.2) is 0 Å². The normalized spacial score (nSPS) is 10.8. The van der Waals surface area contributed by atoms with Gasteiger partial charge in [-0.25, -0.2) is 4.98 Å². The molecule has 1 amide bonds. The zero-order valence-electron chi connectivity index (χ0n) is 16.6. The van der Waals surface area contributed by atoms with Crippen LogP contribution in [0.3, 0.4) is 0 Å². The molecule has 1 N–H and O–H groups in total. The average Bonchev–Trinajstić information content (AvgIpc) is 3.14. The number of pyridine rings is 1. The lowest BCUT2D eigenvalue weighted by molar-refractivity contribution is 0.0950. The molecule has 146 valence electrons. The van der Waals surface area contributed by atoms with Crippen molar-refractivity contribution in [3.8, 4) is 5.75 Å². The van der Waals surface area contributed by atoms with E-state index in [9.17, 15) is 4.79 Å². The maximum absolute atomic E-state index is 12.5. The summed E-state index contributed by atoms with van der Waals surface area (Å²) in [6.07, 6.45) is 3.99. The summed E-state index contributed by atoms with van der Waals surface area (Å²) in [4.78, 5) is 17.0. The highest BCUT2D eigenvalue weighted by molar-refractivity contribution is 5.94. The van der Waals surface area contributed by atoms with Crippen LogP contribution in [0, 0.1) is 13.8 Å². The van der Waals surface area contributed by atoms with E-state index in [4.69, 9.17) is 4.74 Å². The number of nitrogens with zero attached hydrogens (tertiary/aromatic N) is 2. The number of carbonyl (C=O) groups is 1. The van der Waals surface area contributed by atoms with Crippen molar-refractivity contribution in [1.82, 2.24) is 14.7 Å². The van der Waals surface area contributed by atoms with Crippen LogP contribution < -0.4 is 10.1 Å². The largest absolute Gasteiger partial charge is 0.487 e. The topological polar surface area (TPSA) is 55.6 Å². The molecule has 0 saturated heterocycles. The summed E-state index contributed by atoms with van der Waals surface area (Å²) in [7, 11) is 0. The van der Waals surface area contributed by atoms with E-state index >= 15 is 0 Å². The first-order valence-corrected chi connectivity index (χ1v) is 9.58. The van der Waals surface area contributed by atoms with Crippen LogP contribution in [0.15, 0.2) is 73.1 Å². The van der Waals surface area contributed by atoms with Gasteiger partial charge in [-0.3, -0.25) is 4.79 Å². The van der Waals surface area contributed by atoms with Gasteiger partial charge in [-0.2, -0.15) is 0 Å². The lowest BCUT2D eigenvalue weighted by atomic mass is 10.1. The molecule has 29 heavy (non-hydrogen) atoms. The van der Waals surface area contributed by atoms with Crippen LogP contribution in [0.2, 0.25) is 0 Å². The lowest BCUT2D eigenvalue weighted by Crippen LogP contribution is -2.22. The third kappa shape index (κ3) is 4.63. The van der Waals surface area contributed by atoms with E-state index in [1.807, 2.05) is 79.2 Å². The second kappa shape index (κ2) is 8.19. The molecular weight excluding hydrogens is 362 g/mol. The van der Waals surface area contributed by atoms with Crippen LogP contribution in [-0.2, 0) is 13.2 Å². The molecule has 0 aliphatic heterocycles. The first-order valence-electron chi connectivity index (χ1n) is 9.58. The highest BCUT2D eigenvalue weighted by Gasteiger charge is 2.08. The Morgan fingerprint density at radius 1 is 1.00 bits per heavy atom. The number of fused-ring (bicyclic) bond motifs is 1. The molecule has 2 aromatic carbocycles. The summed E-state index contributed by atoms with van der Waals surface area (Å²) in [5.74, 6) is 0.514. The fourth-order valence-electron chi connectivity index (χ4n) is 3.10. The average molecular weight is 385 g/mol. The predicted molar refractivity (Wildman–Crippen MR) is 113 cm³/mol. The number of carbonyl (C=O) groups excluding carboxylic acids is 1. The number of nitrogens with one attached hydrogen (secondary N) is 1. The van der Waals surface area contributed by atoms with Gasteiger partial charge in [-0.1, -0.05) is 42.0 Å². The van der Waals surface area contributed by atoms with E-state index in [-0.39, 0.29) is 5.91 Å². The second-order valence-electron chi connectivity index (χ2n) is 7.19. The molecule has 2 heterocycles. The van der Waals surface area contributed by atoms with Crippen molar-refractivity contribution in [2.45, 2.75) is 27.0 Å². The minimum absolute atomic E-state index is 0.126. The smallest absolute Gasteiger partial charge is 0.251 e. The predicted octanol–water partition coefficient (Wildman–Crippen LogP) is 4.46. The summed E-state index contributed by atoms with van der Waals surface area (Å²) in [6, 6.07) is 19.3. The van der Waals surface area contributed by atoms with E-state index in [2.05, 4.69) is 10.3 Å². The lowest BCUT2D eigenvalue weighted by Gasteiger charge is -2.08. The molecule has 5 heteroatoms. The van der Waals surface area contributed by atoms with Gasteiger partial charge in [-0.15, -0.1) is 0 Å². The number of aromatic nitrogens is 2. The fourth-order valence-corrected chi connectivity index (χ4v) is 3.10. The van der Waals surface area contributed by atoms with Crippen LogP contribution in [0.5, 0.6) is 5.75 Å². The van der Waals surface area contributed by atoms with Gasteiger partial charge < -0.3 is 14.5 Å². The summed E-state index contributed by atoms with van der Waals surface area (Å²) >= 11 is 0. The van der Waals surface area contributed by atoms with Crippen molar-refractivity contribution >= 4 is 11.6 Å². The van der Waals surface area contributed by atoms with Gasteiger partial charge in [0.1, 0.15) is 18.0 Å². The number of benzene rings is 2. The van der Waals surface area contributed by atoms with Gasteiger partial charge >= 0.3 is 0 Å². The van der Waals surface area contributed by atoms with Crippen LogP contribution in [0.1, 0.15) is 32.7 Å². The van der Waals surface area contributed by atoms with Crippen molar-refractivity contribution in [1.29, 1.82) is 0 Å². The Kier molecular flexibility index (Phi) is 5.29. The number of ether oxygens (including phenoxy) is 1. The monoisotopic (exact) mass is 385 g/mol. The second-order valence-corrected chi connectivity index (χ2v) is 7.19. The van der Waals surface area contributed by atoms with Gasteiger partial charge in [0, 0.05) is 24.5 Å². The van der Waals surface area contributed by atoms with Crippen LogP contribution >= 0.6 is 0 Å². The van der Waals surface area contributed by atoms with E-state index in [1.54, 1.807) is 12.1 Å². The summed E-state index contributed by atoms with van der Waals surface area (Å²) in [6.45, 7) is 4.92. The van der Waals surface area contributed by atoms with E-state index in [1.165, 1.54) is 11.1 Å². The molecule has 4 aromatic rings. The molecule has 0 unspecified atom stereocenters. The molecular formula is C24H23N3O2. The highest BCUT2D eigenvalue weighted by atomic mass is 16.5. The first kappa shape index (κ1) is 18.7. The maximum atomic E-state index is 12.5. The number of hydrogen-bond acceptors (Lipinski definition) is 3. The Labute approximate surface area is 170 Å². The number of amides is 1. The fraction of sp³-hybridized carbons (Fsp3) is 0.167. The van der Waals surface area contributed by atoms with E-state index < -0.39 is 0 Å². The minimum atomic E-state index is -0.126. The van der Waals surface area contributed by atoms with Crippen LogP contribution in [0.4, 0.5) is 0 Å². The zero-order valence-corrected chi connectivity index (χ0v) is 16.6. The molecule has 0 radical (unpaired) electrons. The molecule has 5 nitrogen and oxygen atoms in total. The Bertz CT molecular complexity index is 1150. The summed E-state index contributed by atoms with van der Waals surface area (Å²) in [5, 5.41) is 2.95. The van der Waals surface area contributed by atoms with Gasteiger partial charge in [0.25, 0.3) is 5.91 Å². The van der Waals surface area contributed by atoms with Crippen molar-refractivity contribution in [3.63, 3.8) is 0 Å². The van der Waals surface area contributed by atoms with Crippen molar-refractivity contribution in [3.05, 3.63) is 101 Å². The van der Waals surface area contributed by atoms with Gasteiger partial charge in [0.2, 0.25) is 0 Å². The molecule has 0 aliphatic rings. The van der Waals surface area contributed by atoms with Crippen LogP contribution in [-0.4, -0.2) is 15.3 Å². The van der Waals surface area contributed by atoms with E-state index in [0.29, 0.717) is 24.5 Å². The molecule has 2 aromatic heterocycles. The van der Waals surface area contributed by atoms with Crippen LogP contribution in [0.25, 0.3) is 5.65 Å². The molecule has 0 spiro atoms. The number of imidazole rings is 1. The quantitative estimate of drug-likeness (QED) is 0.533. The maximum Gasteiger partial charge on any atom is 0.251 e. The van der Waals surface area contributed by atoms with E-state index in [0.717, 1.165) is 16.9 Å². The number of aryl methyl sites for hydroxylation is 2. The molecule has 0 saturated carbocycles. The van der Waals surface area contributed by atoms with Gasteiger partial charge in [-0.05, 0) is 49.2 Å². The molecule has 0 fully saturated rings. The van der Waals surface area contributed by atoms with Crippen molar-refractivity contribution in [2.75, 3.05) is 0 Å². The Hall–Kier alpha value is -3.60. The Morgan fingerprint density at radius 3 is 2.62 bits per heavy atom. The molecule has 4 rings (SSSR count). The standard InChI is InChI=1S/C24H23N3O2/c1-17-6-9-19(10-7-17)13-25-24(28)20-4-3-5-22(12-20)29-16-21-15-27-14-18(2)8-11-23(27)26-21/h3-12,14-15H,13,16H2,1-2H3,(H,25,28). The highest BCUT2D eigenvalue weighted by Crippen LogP contribution is 2.16. The Morgan fingerprint density at radius 2 is 1.79 bits per heavy atom. The van der Waals surface area contributed by atoms with Gasteiger partial charge in [0.05, 0.1) is 5.69 Å². The third-order valence-corrected chi connectivity index (χ3v) is 4.71. The first-order chi connectivity index (χ1) is 14.1. The molecule has 0 atom stereocenters. The zero-order chi connectivity index (χ0) is 20.2.